The van der Waals surface area contributed by atoms with Crippen LogP contribution >= 0.6 is 0 Å². The number of nitrogens with one attached hydrogen (secondary N) is 2. The number of alkyl halides is 3. The van der Waals surface area contributed by atoms with Gasteiger partial charge in [0.15, 0.2) is 6.61 Å². The molecule has 10 heteroatoms. The highest BCUT2D eigenvalue weighted by molar-refractivity contribution is 5.97. The van der Waals surface area contributed by atoms with Crippen molar-refractivity contribution in [2.75, 3.05) is 25.1 Å². The maximum Gasteiger partial charge on any atom is 0.422 e. The summed E-state index contributed by atoms with van der Waals surface area (Å²) in [4.78, 5) is 28.3. The number of pyridine rings is 1. The summed E-state index contributed by atoms with van der Waals surface area (Å²) < 4.78 is 47.4. The fourth-order valence-corrected chi connectivity index (χ4v) is 3.20. The number of carbonyl (C=O) groups is 2. The molecule has 0 atom stereocenters. The van der Waals surface area contributed by atoms with E-state index in [1.54, 1.807) is 30.3 Å². The molecule has 1 aliphatic carbocycles. The van der Waals surface area contributed by atoms with Gasteiger partial charge in [-0.05, 0) is 60.0 Å². The lowest BCUT2D eigenvalue weighted by atomic mass is 10.1. The van der Waals surface area contributed by atoms with Crippen LogP contribution in [0.1, 0.15) is 23.2 Å². The molecule has 0 unspecified atom stereocenters. The summed E-state index contributed by atoms with van der Waals surface area (Å²) in [5.74, 6) is 0.657. The molecule has 0 saturated heterocycles. The number of anilines is 1. The Morgan fingerprint density at radius 3 is 2.29 bits per heavy atom. The number of aromatic nitrogens is 1. The predicted octanol–water partition coefficient (Wildman–Crippen LogP) is 4.33. The van der Waals surface area contributed by atoms with Crippen LogP contribution in [-0.4, -0.2) is 42.7 Å². The third-order valence-electron chi connectivity index (χ3n) is 5.06. The predicted molar refractivity (Wildman–Crippen MR) is 119 cm³/mol. The normalized spacial score (nSPS) is 13.4. The smallest absolute Gasteiger partial charge is 0.422 e. The molecular formula is C24H22F3N3O4. The molecule has 178 valence electrons. The number of hydrogen-bond acceptors (Lipinski definition) is 5. The number of fused-ring (bicyclic) bond motifs is 1. The van der Waals surface area contributed by atoms with Crippen LogP contribution in [0.5, 0.6) is 11.5 Å². The SMILES string of the molecule is O=C(NCCOc1ccc2cc(OCC(F)(F)F)ccc2c1)c1ccnc(NC(=O)C2CC2)c1. The summed E-state index contributed by atoms with van der Waals surface area (Å²) in [6.07, 6.45) is -1.18. The molecule has 1 aliphatic rings. The van der Waals surface area contributed by atoms with Crippen molar-refractivity contribution in [3.8, 4) is 11.5 Å². The van der Waals surface area contributed by atoms with Gasteiger partial charge in [0.2, 0.25) is 5.91 Å². The Hall–Kier alpha value is -3.82. The number of nitrogens with zero attached hydrogens (tertiary/aromatic N) is 1. The molecule has 0 radical (unpaired) electrons. The summed E-state index contributed by atoms with van der Waals surface area (Å²) in [7, 11) is 0. The first-order chi connectivity index (χ1) is 16.3. The summed E-state index contributed by atoms with van der Waals surface area (Å²) >= 11 is 0. The number of halogens is 3. The number of carbonyl (C=O) groups excluding carboxylic acids is 2. The van der Waals surface area contributed by atoms with Gasteiger partial charge in [-0.25, -0.2) is 4.98 Å². The molecule has 0 aliphatic heterocycles. The molecule has 0 bridgehead atoms. The van der Waals surface area contributed by atoms with E-state index in [9.17, 15) is 22.8 Å². The monoisotopic (exact) mass is 473 g/mol. The minimum atomic E-state index is -4.40. The van der Waals surface area contributed by atoms with Crippen molar-refractivity contribution in [1.82, 2.24) is 10.3 Å². The molecule has 1 saturated carbocycles. The topological polar surface area (TPSA) is 89.6 Å². The maximum absolute atomic E-state index is 12.4. The number of ether oxygens (including phenoxy) is 2. The molecule has 2 N–H and O–H groups in total. The van der Waals surface area contributed by atoms with E-state index in [1.165, 1.54) is 24.4 Å². The lowest BCUT2D eigenvalue weighted by Crippen LogP contribution is -2.28. The van der Waals surface area contributed by atoms with Crippen LogP contribution in [0.2, 0.25) is 0 Å². The van der Waals surface area contributed by atoms with E-state index in [2.05, 4.69) is 15.6 Å². The standard InChI is InChI=1S/C24H22F3N3O4/c25-24(26,27)14-34-20-6-4-16-11-19(5-3-17(16)12-20)33-10-9-29-22(31)18-7-8-28-21(13-18)30-23(32)15-1-2-15/h3-8,11-13,15H,1-2,9-10,14H2,(H,29,31)(H,28,30,32). The van der Waals surface area contributed by atoms with Crippen molar-refractivity contribution in [3.63, 3.8) is 0 Å². The van der Waals surface area contributed by atoms with E-state index in [0.717, 1.165) is 18.2 Å². The highest BCUT2D eigenvalue weighted by atomic mass is 19.4. The van der Waals surface area contributed by atoms with E-state index in [1.807, 2.05) is 0 Å². The van der Waals surface area contributed by atoms with Gasteiger partial charge in [-0.3, -0.25) is 9.59 Å². The highest BCUT2D eigenvalue weighted by Crippen LogP contribution is 2.30. The molecule has 7 nitrogen and oxygen atoms in total. The van der Waals surface area contributed by atoms with Crippen LogP contribution in [0.15, 0.2) is 54.7 Å². The molecule has 4 rings (SSSR count). The molecule has 1 heterocycles. The zero-order valence-electron chi connectivity index (χ0n) is 18.0. The number of amides is 2. The largest absolute Gasteiger partial charge is 0.492 e. The Labute approximate surface area is 193 Å². The van der Waals surface area contributed by atoms with Crippen molar-refractivity contribution >= 4 is 28.4 Å². The van der Waals surface area contributed by atoms with Gasteiger partial charge in [0.25, 0.3) is 5.91 Å². The van der Waals surface area contributed by atoms with Gasteiger partial charge in [-0.1, -0.05) is 12.1 Å². The number of rotatable bonds is 9. The zero-order chi connectivity index (χ0) is 24.1. The number of hydrogen-bond donors (Lipinski definition) is 2. The summed E-state index contributed by atoms with van der Waals surface area (Å²) in [5.41, 5.74) is 0.371. The minimum Gasteiger partial charge on any atom is -0.492 e. The van der Waals surface area contributed by atoms with E-state index in [0.29, 0.717) is 22.5 Å². The molecule has 34 heavy (non-hydrogen) atoms. The summed E-state index contributed by atoms with van der Waals surface area (Å²) in [6.45, 7) is -0.894. The van der Waals surface area contributed by atoms with Crippen LogP contribution in [0, 0.1) is 5.92 Å². The highest BCUT2D eigenvalue weighted by Gasteiger charge is 2.30. The van der Waals surface area contributed by atoms with Crippen molar-refractivity contribution in [2.45, 2.75) is 19.0 Å². The average Bonchev–Trinajstić information content (AvgIpc) is 3.65. The Balaban J connectivity index is 1.25. The van der Waals surface area contributed by atoms with Gasteiger partial charge in [-0.2, -0.15) is 13.2 Å². The van der Waals surface area contributed by atoms with Gasteiger partial charge in [-0.15, -0.1) is 0 Å². The molecule has 2 aromatic carbocycles. The Morgan fingerprint density at radius 1 is 0.971 bits per heavy atom. The third kappa shape index (κ3) is 6.60. The molecule has 0 spiro atoms. The van der Waals surface area contributed by atoms with Gasteiger partial charge in [0, 0.05) is 17.7 Å². The lowest BCUT2D eigenvalue weighted by molar-refractivity contribution is -0.153. The zero-order valence-corrected chi connectivity index (χ0v) is 18.0. The van der Waals surface area contributed by atoms with Gasteiger partial charge in [0.05, 0.1) is 6.54 Å². The molecule has 1 aromatic heterocycles. The van der Waals surface area contributed by atoms with Crippen molar-refractivity contribution < 1.29 is 32.2 Å². The quantitative estimate of drug-likeness (QED) is 0.452. The minimum absolute atomic E-state index is 0.0382. The first kappa shape index (κ1) is 23.3. The van der Waals surface area contributed by atoms with Crippen LogP contribution in [-0.2, 0) is 4.79 Å². The first-order valence-corrected chi connectivity index (χ1v) is 10.7. The van der Waals surface area contributed by atoms with Crippen LogP contribution in [0.25, 0.3) is 10.8 Å². The van der Waals surface area contributed by atoms with Crippen LogP contribution in [0.3, 0.4) is 0 Å². The molecule has 2 amide bonds. The fourth-order valence-electron chi connectivity index (χ4n) is 3.20. The summed E-state index contributed by atoms with van der Waals surface area (Å²) in [6, 6.07) is 12.9. The van der Waals surface area contributed by atoms with Gasteiger partial charge < -0.3 is 20.1 Å². The van der Waals surface area contributed by atoms with E-state index in [-0.39, 0.29) is 36.6 Å². The Kier molecular flexibility index (Phi) is 6.85. The van der Waals surface area contributed by atoms with Crippen molar-refractivity contribution in [3.05, 3.63) is 60.3 Å². The Bertz CT molecular complexity index is 1200. The summed E-state index contributed by atoms with van der Waals surface area (Å²) in [5, 5.41) is 6.94. The van der Waals surface area contributed by atoms with Crippen molar-refractivity contribution in [1.29, 1.82) is 0 Å². The maximum atomic E-state index is 12.4. The number of benzene rings is 2. The molecule has 3 aromatic rings. The second-order valence-electron chi connectivity index (χ2n) is 7.87. The molecule has 1 fully saturated rings. The second kappa shape index (κ2) is 9.98. The van der Waals surface area contributed by atoms with E-state index < -0.39 is 12.8 Å². The van der Waals surface area contributed by atoms with E-state index in [4.69, 9.17) is 9.47 Å². The van der Waals surface area contributed by atoms with Crippen LogP contribution < -0.4 is 20.1 Å². The molecular weight excluding hydrogens is 451 g/mol. The second-order valence-corrected chi connectivity index (χ2v) is 7.87. The third-order valence-corrected chi connectivity index (χ3v) is 5.06. The fraction of sp³-hybridized carbons (Fsp3) is 0.292. The van der Waals surface area contributed by atoms with Gasteiger partial charge >= 0.3 is 6.18 Å². The van der Waals surface area contributed by atoms with E-state index >= 15 is 0 Å². The van der Waals surface area contributed by atoms with Crippen LogP contribution in [0.4, 0.5) is 19.0 Å². The average molecular weight is 473 g/mol. The lowest BCUT2D eigenvalue weighted by Gasteiger charge is -2.11. The Morgan fingerprint density at radius 2 is 1.65 bits per heavy atom. The van der Waals surface area contributed by atoms with Crippen molar-refractivity contribution in [2.24, 2.45) is 5.92 Å². The first-order valence-electron chi connectivity index (χ1n) is 10.7. The van der Waals surface area contributed by atoms with Gasteiger partial charge in [0.1, 0.15) is 23.9 Å².